The molecule has 0 aromatic heterocycles. The monoisotopic (exact) mass is 263 g/mol. The second kappa shape index (κ2) is 7.95. The molecular formula is C16H25NO2. The van der Waals surface area contributed by atoms with Crippen LogP contribution in [0.4, 0.5) is 0 Å². The van der Waals surface area contributed by atoms with Crippen LogP contribution in [0.3, 0.4) is 0 Å². The van der Waals surface area contributed by atoms with E-state index in [2.05, 4.69) is 36.1 Å². The van der Waals surface area contributed by atoms with E-state index in [9.17, 15) is 4.79 Å². The first-order valence-electron chi connectivity index (χ1n) is 6.94. The van der Waals surface area contributed by atoms with Crippen molar-refractivity contribution in [2.45, 2.75) is 26.7 Å². The summed E-state index contributed by atoms with van der Waals surface area (Å²) in [5.74, 6) is -0.443. The fraction of sp³-hybridized carbons (Fsp3) is 0.562. The summed E-state index contributed by atoms with van der Waals surface area (Å²) < 4.78 is 0. The highest BCUT2D eigenvalue weighted by molar-refractivity contribution is 5.69. The molecule has 2 atom stereocenters. The highest BCUT2D eigenvalue weighted by atomic mass is 16.4. The minimum Gasteiger partial charge on any atom is -0.481 e. The van der Waals surface area contributed by atoms with Crippen LogP contribution in [-0.4, -0.2) is 36.1 Å². The lowest BCUT2D eigenvalue weighted by atomic mass is 10.0. The van der Waals surface area contributed by atoms with E-state index in [1.807, 2.05) is 13.1 Å². The molecule has 19 heavy (non-hydrogen) atoms. The predicted molar refractivity (Wildman–Crippen MR) is 78.2 cm³/mol. The maximum atomic E-state index is 10.8. The third-order valence-electron chi connectivity index (χ3n) is 3.40. The number of rotatable bonds is 8. The quantitative estimate of drug-likeness (QED) is 0.784. The first-order chi connectivity index (χ1) is 8.99. The summed E-state index contributed by atoms with van der Waals surface area (Å²) in [7, 11) is 2.00. The van der Waals surface area contributed by atoms with E-state index >= 15 is 0 Å². The standard InChI is InChI=1S/C16H25NO2/c1-13(9-10-15-7-5-4-6-8-15)11-17(3)12-14(2)16(18)19/h4-8,13-14H,9-12H2,1-3H3,(H,18,19). The van der Waals surface area contributed by atoms with Gasteiger partial charge < -0.3 is 10.0 Å². The molecule has 0 fully saturated rings. The number of nitrogens with zero attached hydrogens (tertiary/aromatic N) is 1. The number of aliphatic carboxylic acids is 1. The second-order valence-corrected chi connectivity index (χ2v) is 5.59. The number of carboxylic acids is 1. The number of hydrogen-bond donors (Lipinski definition) is 1. The van der Waals surface area contributed by atoms with E-state index in [1.54, 1.807) is 6.92 Å². The van der Waals surface area contributed by atoms with E-state index in [1.165, 1.54) is 5.56 Å². The van der Waals surface area contributed by atoms with Gasteiger partial charge in [0.15, 0.2) is 0 Å². The Labute approximate surface area is 116 Å². The molecule has 0 spiro atoms. The van der Waals surface area contributed by atoms with Gasteiger partial charge in [0.1, 0.15) is 0 Å². The molecule has 1 aromatic rings. The van der Waals surface area contributed by atoms with Crippen molar-refractivity contribution in [3.05, 3.63) is 35.9 Å². The average molecular weight is 263 g/mol. The van der Waals surface area contributed by atoms with Crippen molar-refractivity contribution in [1.29, 1.82) is 0 Å². The van der Waals surface area contributed by atoms with Crippen LogP contribution in [0.2, 0.25) is 0 Å². The van der Waals surface area contributed by atoms with Crippen LogP contribution in [0.5, 0.6) is 0 Å². The van der Waals surface area contributed by atoms with Gasteiger partial charge in [-0.25, -0.2) is 0 Å². The van der Waals surface area contributed by atoms with Crippen molar-refractivity contribution in [3.63, 3.8) is 0 Å². The van der Waals surface area contributed by atoms with Crippen LogP contribution >= 0.6 is 0 Å². The molecule has 0 bridgehead atoms. The first kappa shape index (κ1) is 15.7. The predicted octanol–water partition coefficient (Wildman–Crippen LogP) is 2.91. The highest BCUT2D eigenvalue weighted by Crippen LogP contribution is 2.11. The summed E-state index contributed by atoms with van der Waals surface area (Å²) >= 11 is 0. The molecule has 0 aliphatic heterocycles. The SMILES string of the molecule is CC(CCc1ccccc1)CN(C)CC(C)C(=O)O. The Morgan fingerprint density at radius 3 is 2.42 bits per heavy atom. The first-order valence-corrected chi connectivity index (χ1v) is 6.94. The average Bonchev–Trinajstić information content (AvgIpc) is 2.37. The van der Waals surface area contributed by atoms with Gasteiger partial charge >= 0.3 is 5.97 Å². The maximum Gasteiger partial charge on any atom is 0.307 e. The zero-order valence-corrected chi connectivity index (χ0v) is 12.2. The fourth-order valence-corrected chi connectivity index (χ4v) is 2.30. The van der Waals surface area contributed by atoms with Gasteiger partial charge in [0.05, 0.1) is 5.92 Å². The van der Waals surface area contributed by atoms with Crippen molar-refractivity contribution in [2.24, 2.45) is 11.8 Å². The molecule has 0 aliphatic rings. The van der Waals surface area contributed by atoms with Gasteiger partial charge in [0.2, 0.25) is 0 Å². The number of aryl methyl sites for hydroxylation is 1. The van der Waals surface area contributed by atoms with Crippen molar-refractivity contribution in [3.8, 4) is 0 Å². The lowest BCUT2D eigenvalue weighted by molar-refractivity contribution is -0.141. The minimum absolute atomic E-state index is 0.300. The summed E-state index contributed by atoms with van der Waals surface area (Å²) in [5, 5.41) is 8.89. The molecule has 2 unspecified atom stereocenters. The summed E-state index contributed by atoms with van der Waals surface area (Å²) in [4.78, 5) is 12.9. The maximum absolute atomic E-state index is 10.8. The summed E-state index contributed by atoms with van der Waals surface area (Å²) in [6, 6.07) is 10.5. The molecule has 0 saturated heterocycles. The van der Waals surface area contributed by atoms with Crippen LogP contribution < -0.4 is 0 Å². The highest BCUT2D eigenvalue weighted by Gasteiger charge is 2.15. The summed E-state index contributed by atoms with van der Waals surface area (Å²) in [5.41, 5.74) is 1.37. The largest absolute Gasteiger partial charge is 0.481 e. The van der Waals surface area contributed by atoms with Crippen molar-refractivity contribution in [1.82, 2.24) is 4.90 Å². The third-order valence-corrected chi connectivity index (χ3v) is 3.40. The van der Waals surface area contributed by atoms with Crippen molar-refractivity contribution >= 4 is 5.97 Å². The molecular weight excluding hydrogens is 238 g/mol. The van der Waals surface area contributed by atoms with Gasteiger partial charge in [-0.1, -0.05) is 44.2 Å². The van der Waals surface area contributed by atoms with Gasteiger partial charge in [-0.05, 0) is 31.4 Å². The van der Waals surface area contributed by atoms with Gasteiger partial charge in [-0.2, -0.15) is 0 Å². The van der Waals surface area contributed by atoms with Crippen LogP contribution in [0.15, 0.2) is 30.3 Å². The summed E-state index contributed by atoms with van der Waals surface area (Å²) in [6.07, 6.45) is 2.22. The molecule has 106 valence electrons. The zero-order chi connectivity index (χ0) is 14.3. The van der Waals surface area contributed by atoms with E-state index in [4.69, 9.17) is 5.11 Å². The number of hydrogen-bond acceptors (Lipinski definition) is 2. The normalized spacial score (nSPS) is 14.3. The molecule has 0 amide bonds. The molecule has 1 rings (SSSR count). The Balaban J connectivity index is 2.27. The molecule has 0 saturated carbocycles. The Kier molecular flexibility index (Phi) is 6.57. The minimum atomic E-state index is -0.719. The lowest BCUT2D eigenvalue weighted by Gasteiger charge is -2.23. The van der Waals surface area contributed by atoms with E-state index in [0.717, 1.165) is 19.4 Å². The van der Waals surface area contributed by atoms with Crippen molar-refractivity contribution in [2.75, 3.05) is 20.1 Å². The van der Waals surface area contributed by atoms with E-state index in [-0.39, 0.29) is 5.92 Å². The third kappa shape index (κ3) is 6.39. The molecule has 0 heterocycles. The second-order valence-electron chi connectivity index (χ2n) is 5.59. The van der Waals surface area contributed by atoms with Crippen LogP contribution in [0.25, 0.3) is 0 Å². The van der Waals surface area contributed by atoms with Gasteiger partial charge in [-0.15, -0.1) is 0 Å². The Bertz CT molecular complexity index is 378. The van der Waals surface area contributed by atoms with E-state index < -0.39 is 5.97 Å². The van der Waals surface area contributed by atoms with Crippen LogP contribution in [0.1, 0.15) is 25.8 Å². The molecule has 1 N–H and O–H groups in total. The zero-order valence-electron chi connectivity index (χ0n) is 12.2. The Morgan fingerprint density at radius 1 is 1.21 bits per heavy atom. The smallest absolute Gasteiger partial charge is 0.307 e. The fourth-order valence-electron chi connectivity index (χ4n) is 2.30. The lowest BCUT2D eigenvalue weighted by Crippen LogP contribution is -2.32. The van der Waals surface area contributed by atoms with Crippen molar-refractivity contribution < 1.29 is 9.90 Å². The Morgan fingerprint density at radius 2 is 1.84 bits per heavy atom. The number of carbonyl (C=O) groups is 1. The Hall–Kier alpha value is -1.35. The van der Waals surface area contributed by atoms with Gasteiger partial charge in [0.25, 0.3) is 0 Å². The number of benzene rings is 1. The topological polar surface area (TPSA) is 40.5 Å². The number of carboxylic acid groups (broad SMARTS) is 1. The van der Waals surface area contributed by atoms with Gasteiger partial charge in [-0.3, -0.25) is 4.79 Å². The van der Waals surface area contributed by atoms with Gasteiger partial charge in [0, 0.05) is 13.1 Å². The molecule has 0 aliphatic carbocycles. The molecule has 3 heteroatoms. The van der Waals surface area contributed by atoms with Crippen LogP contribution in [-0.2, 0) is 11.2 Å². The van der Waals surface area contributed by atoms with Crippen LogP contribution in [0, 0.1) is 11.8 Å². The van der Waals surface area contributed by atoms with E-state index in [0.29, 0.717) is 12.5 Å². The summed E-state index contributed by atoms with van der Waals surface area (Å²) in [6.45, 7) is 5.55. The molecule has 3 nitrogen and oxygen atoms in total. The molecule has 1 aromatic carbocycles. The molecule has 0 radical (unpaired) electrons.